The lowest BCUT2D eigenvalue weighted by Crippen LogP contribution is -2.47. The first kappa shape index (κ1) is 20.9. The highest BCUT2D eigenvalue weighted by atomic mass is 16.2. The highest BCUT2D eigenvalue weighted by molar-refractivity contribution is 5.96. The monoisotopic (exact) mass is 439 g/mol. The van der Waals surface area contributed by atoms with Crippen molar-refractivity contribution < 1.29 is 4.79 Å². The summed E-state index contributed by atoms with van der Waals surface area (Å²) < 4.78 is 0. The van der Waals surface area contributed by atoms with Gasteiger partial charge in [-0.2, -0.15) is 0 Å². The molecule has 4 heteroatoms. The number of nitrogens with zero attached hydrogens (tertiary/aromatic N) is 3. The Morgan fingerprint density at radius 3 is 2.48 bits per heavy atom. The maximum atomic E-state index is 13.8. The van der Waals surface area contributed by atoms with E-state index >= 15 is 0 Å². The Labute approximate surface area is 196 Å². The number of likely N-dealkylation sites (tertiary alicyclic amines) is 1. The number of hydrogen-bond donors (Lipinski definition) is 0. The lowest BCUT2D eigenvalue weighted by molar-refractivity contribution is 0.0523. The van der Waals surface area contributed by atoms with Gasteiger partial charge in [0.25, 0.3) is 5.91 Å². The molecule has 0 radical (unpaired) electrons. The molecule has 2 atom stereocenters. The van der Waals surface area contributed by atoms with Crippen LogP contribution in [-0.4, -0.2) is 45.9 Å². The van der Waals surface area contributed by atoms with Crippen LogP contribution in [0.15, 0.2) is 60.9 Å². The van der Waals surface area contributed by atoms with Crippen LogP contribution in [0.3, 0.4) is 0 Å². The van der Waals surface area contributed by atoms with Gasteiger partial charge in [0.05, 0.1) is 0 Å². The summed E-state index contributed by atoms with van der Waals surface area (Å²) in [5.74, 6) is 0.905. The zero-order chi connectivity index (χ0) is 22.2. The smallest absolute Gasteiger partial charge is 0.254 e. The number of aromatic nitrogens is 1. The van der Waals surface area contributed by atoms with Gasteiger partial charge in [0.2, 0.25) is 0 Å². The van der Waals surface area contributed by atoms with Crippen LogP contribution in [0.2, 0.25) is 0 Å². The maximum Gasteiger partial charge on any atom is 0.254 e. The first-order chi connectivity index (χ1) is 16.3. The van der Waals surface area contributed by atoms with Gasteiger partial charge >= 0.3 is 0 Å². The van der Waals surface area contributed by atoms with Crippen molar-refractivity contribution in [1.29, 1.82) is 0 Å². The minimum absolute atomic E-state index is 0.269. The molecule has 0 saturated carbocycles. The van der Waals surface area contributed by atoms with E-state index in [4.69, 9.17) is 0 Å². The summed E-state index contributed by atoms with van der Waals surface area (Å²) in [4.78, 5) is 22.9. The van der Waals surface area contributed by atoms with Gasteiger partial charge in [-0.3, -0.25) is 14.7 Å². The Morgan fingerprint density at radius 2 is 1.67 bits per heavy atom. The van der Waals surface area contributed by atoms with Gasteiger partial charge in [-0.25, -0.2) is 0 Å². The Kier molecular flexibility index (Phi) is 5.63. The molecule has 3 aromatic rings. The molecule has 2 aromatic carbocycles. The molecule has 33 heavy (non-hydrogen) atoms. The van der Waals surface area contributed by atoms with E-state index in [1.54, 1.807) is 0 Å². The van der Waals surface area contributed by atoms with Gasteiger partial charge in [0.1, 0.15) is 0 Å². The average molecular weight is 440 g/mol. The van der Waals surface area contributed by atoms with Crippen LogP contribution in [-0.2, 0) is 13.0 Å². The van der Waals surface area contributed by atoms with Crippen LogP contribution < -0.4 is 0 Å². The molecule has 2 bridgehead atoms. The third-order valence-electron chi connectivity index (χ3n) is 8.19. The van der Waals surface area contributed by atoms with Crippen molar-refractivity contribution in [3.8, 4) is 0 Å². The number of piperidine rings is 1. The second kappa shape index (κ2) is 8.90. The highest BCUT2D eigenvalue weighted by Crippen LogP contribution is 2.41. The van der Waals surface area contributed by atoms with E-state index in [1.165, 1.54) is 34.7 Å². The number of rotatable bonds is 5. The molecule has 6 rings (SSSR count). The van der Waals surface area contributed by atoms with Crippen LogP contribution in [0.1, 0.15) is 60.0 Å². The zero-order valence-corrected chi connectivity index (χ0v) is 19.3. The molecular formula is C29H33N3O. The van der Waals surface area contributed by atoms with Crippen molar-refractivity contribution in [3.63, 3.8) is 0 Å². The molecule has 1 aromatic heterocycles. The molecule has 0 spiro atoms. The van der Waals surface area contributed by atoms with Gasteiger partial charge in [-0.15, -0.1) is 0 Å². The lowest BCUT2D eigenvalue weighted by atomic mass is 9.84. The third kappa shape index (κ3) is 4.06. The van der Waals surface area contributed by atoms with Crippen molar-refractivity contribution in [2.75, 3.05) is 13.1 Å². The summed E-state index contributed by atoms with van der Waals surface area (Å²) >= 11 is 0. The number of hydrogen-bond acceptors (Lipinski definition) is 3. The van der Waals surface area contributed by atoms with Crippen LogP contribution in [0.25, 0.3) is 10.8 Å². The molecule has 0 aliphatic carbocycles. The predicted molar refractivity (Wildman–Crippen MR) is 132 cm³/mol. The maximum absolute atomic E-state index is 13.8. The number of carbonyl (C=O) groups is 1. The Bertz CT molecular complexity index is 1130. The van der Waals surface area contributed by atoms with Crippen molar-refractivity contribution in [2.24, 2.45) is 5.92 Å². The van der Waals surface area contributed by atoms with Crippen LogP contribution in [0, 0.1) is 5.92 Å². The van der Waals surface area contributed by atoms with E-state index in [0.717, 1.165) is 57.3 Å². The number of pyridine rings is 1. The summed E-state index contributed by atoms with van der Waals surface area (Å²) in [6.45, 7) is 3.22. The number of carbonyl (C=O) groups excluding carboxylic acids is 1. The number of amides is 1. The standard InChI is InChI=1S/C29H33N3O/c33-29(27-9-2-1-6-24(27)20-31-14-3-4-15-31)32-25-10-11-26(32)18-21(17-25)16-23-8-5-7-22-12-13-30-19-28(22)23/h1-2,5-9,12-13,19,21,25-26H,3-4,10-11,14-18,20H2/t25-,26-/m0/s1. The largest absolute Gasteiger partial charge is 0.333 e. The summed E-state index contributed by atoms with van der Waals surface area (Å²) in [6.07, 6.45) is 12.1. The molecular weight excluding hydrogens is 406 g/mol. The number of fused-ring (bicyclic) bond motifs is 3. The van der Waals surface area contributed by atoms with Crippen molar-refractivity contribution >= 4 is 16.7 Å². The molecule has 170 valence electrons. The summed E-state index contributed by atoms with van der Waals surface area (Å²) in [6, 6.07) is 17.8. The SMILES string of the molecule is O=C(c1ccccc1CN1CCCC1)N1[C@H]2CC[C@H]1CC(Cc1cccc3ccncc13)C2. The average Bonchev–Trinajstić information content (AvgIpc) is 3.45. The van der Waals surface area contributed by atoms with Crippen molar-refractivity contribution in [1.82, 2.24) is 14.8 Å². The first-order valence-corrected chi connectivity index (χ1v) is 12.7. The van der Waals surface area contributed by atoms with Gasteiger partial charge in [-0.1, -0.05) is 36.4 Å². The van der Waals surface area contributed by atoms with Gasteiger partial charge in [0.15, 0.2) is 0 Å². The van der Waals surface area contributed by atoms with Crippen LogP contribution in [0.4, 0.5) is 0 Å². The minimum Gasteiger partial charge on any atom is -0.333 e. The fourth-order valence-corrected chi connectivity index (χ4v) is 6.64. The zero-order valence-electron chi connectivity index (χ0n) is 19.3. The number of benzene rings is 2. The molecule has 4 nitrogen and oxygen atoms in total. The first-order valence-electron chi connectivity index (χ1n) is 12.7. The predicted octanol–water partition coefficient (Wildman–Crippen LogP) is 5.46. The van der Waals surface area contributed by atoms with Gasteiger partial charge in [-0.05, 0) is 92.6 Å². The fraction of sp³-hybridized carbons (Fsp3) is 0.448. The minimum atomic E-state index is 0.269. The molecule has 3 aliphatic rings. The van der Waals surface area contributed by atoms with Crippen molar-refractivity contribution in [3.05, 3.63) is 77.6 Å². The highest BCUT2D eigenvalue weighted by Gasteiger charge is 2.43. The van der Waals surface area contributed by atoms with E-state index in [1.807, 2.05) is 18.5 Å². The Morgan fingerprint density at radius 1 is 0.909 bits per heavy atom. The van der Waals surface area contributed by atoms with E-state index in [9.17, 15) is 4.79 Å². The summed E-state index contributed by atoms with van der Waals surface area (Å²) in [5.41, 5.74) is 3.54. The second-order valence-electron chi connectivity index (χ2n) is 10.3. The van der Waals surface area contributed by atoms with E-state index in [0.29, 0.717) is 18.0 Å². The lowest BCUT2D eigenvalue weighted by Gasteiger charge is -2.39. The molecule has 4 heterocycles. The molecule has 0 unspecified atom stereocenters. The fourth-order valence-electron chi connectivity index (χ4n) is 6.64. The molecule has 3 saturated heterocycles. The quantitative estimate of drug-likeness (QED) is 0.530. The van der Waals surface area contributed by atoms with Crippen LogP contribution >= 0.6 is 0 Å². The van der Waals surface area contributed by atoms with E-state index in [2.05, 4.69) is 57.2 Å². The molecule has 3 fully saturated rings. The van der Waals surface area contributed by atoms with Gasteiger partial charge in [0, 0.05) is 42.0 Å². The Balaban J connectivity index is 1.19. The Hall–Kier alpha value is -2.72. The van der Waals surface area contributed by atoms with E-state index < -0.39 is 0 Å². The van der Waals surface area contributed by atoms with Crippen molar-refractivity contribution in [2.45, 2.75) is 63.6 Å². The third-order valence-corrected chi connectivity index (χ3v) is 8.19. The molecule has 1 amide bonds. The molecule has 3 aliphatic heterocycles. The topological polar surface area (TPSA) is 36.4 Å². The van der Waals surface area contributed by atoms with Gasteiger partial charge < -0.3 is 4.90 Å². The summed E-state index contributed by atoms with van der Waals surface area (Å²) in [5, 5.41) is 2.55. The van der Waals surface area contributed by atoms with Crippen LogP contribution in [0.5, 0.6) is 0 Å². The normalized spacial score (nSPS) is 25.1. The second-order valence-corrected chi connectivity index (χ2v) is 10.3. The summed E-state index contributed by atoms with van der Waals surface area (Å²) in [7, 11) is 0. The van der Waals surface area contributed by atoms with E-state index in [-0.39, 0.29) is 5.91 Å². The molecule has 0 N–H and O–H groups in total.